The van der Waals surface area contributed by atoms with Gasteiger partial charge >= 0.3 is 0 Å². The van der Waals surface area contributed by atoms with E-state index >= 15 is 0 Å². The van der Waals surface area contributed by atoms with Gasteiger partial charge in [-0.1, -0.05) is 91.0 Å². The van der Waals surface area contributed by atoms with Crippen LogP contribution < -0.4 is 5.73 Å². The van der Waals surface area contributed by atoms with Crippen LogP contribution >= 0.6 is 12.6 Å². The molecule has 3 rings (SSSR count). The third-order valence-corrected chi connectivity index (χ3v) is 5.15. The highest BCUT2D eigenvalue weighted by molar-refractivity contribution is 7.81. The lowest BCUT2D eigenvalue weighted by Crippen LogP contribution is -2.41. The van der Waals surface area contributed by atoms with Crippen molar-refractivity contribution in [3.63, 3.8) is 0 Å². The Morgan fingerprint density at radius 1 is 0.760 bits per heavy atom. The van der Waals surface area contributed by atoms with E-state index in [0.717, 1.165) is 16.7 Å². The molecule has 2 nitrogen and oxygen atoms in total. The molecule has 3 aromatic rings. The van der Waals surface area contributed by atoms with E-state index in [1.54, 1.807) is 0 Å². The lowest BCUT2D eigenvalue weighted by Gasteiger charge is -2.40. The van der Waals surface area contributed by atoms with E-state index in [0.29, 0.717) is 0 Å². The summed E-state index contributed by atoms with van der Waals surface area (Å²) in [4.78, 5) is 11.7. The van der Waals surface area contributed by atoms with Crippen LogP contribution in [0.5, 0.6) is 0 Å². The summed E-state index contributed by atoms with van der Waals surface area (Å²) in [6.07, 6.45) is 0.182. The van der Waals surface area contributed by atoms with Gasteiger partial charge in [-0.25, -0.2) is 0 Å². The topological polar surface area (TPSA) is 43.1 Å². The van der Waals surface area contributed by atoms with Crippen molar-refractivity contribution in [2.45, 2.75) is 17.1 Å². The van der Waals surface area contributed by atoms with E-state index < -0.39 is 5.41 Å². The normalized spacial score (nSPS) is 12.5. The van der Waals surface area contributed by atoms with Crippen molar-refractivity contribution >= 4 is 18.5 Å². The molecule has 1 unspecified atom stereocenters. The molecule has 2 N–H and O–H groups in total. The van der Waals surface area contributed by atoms with E-state index in [1.165, 1.54) is 0 Å². The van der Waals surface area contributed by atoms with Crippen molar-refractivity contribution in [1.29, 1.82) is 0 Å². The van der Waals surface area contributed by atoms with Crippen LogP contribution in [-0.2, 0) is 10.2 Å². The molecule has 0 saturated carbocycles. The Hall–Kier alpha value is -2.52. The predicted molar refractivity (Wildman–Crippen MR) is 106 cm³/mol. The average molecular weight is 347 g/mol. The van der Waals surface area contributed by atoms with Crippen molar-refractivity contribution in [2.24, 2.45) is 5.73 Å². The Kier molecular flexibility index (Phi) is 5.25. The maximum absolute atomic E-state index is 11.7. The van der Waals surface area contributed by atoms with Crippen LogP contribution in [0.25, 0.3) is 0 Å². The lowest BCUT2D eigenvalue weighted by molar-refractivity contribution is -0.118. The summed E-state index contributed by atoms with van der Waals surface area (Å²) >= 11 is 4.88. The molecule has 1 amide bonds. The molecule has 0 heterocycles. The fourth-order valence-corrected chi connectivity index (χ4v) is 4.15. The average Bonchev–Trinajstić information content (AvgIpc) is 2.64. The molecule has 0 aliphatic heterocycles. The van der Waals surface area contributed by atoms with Crippen LogP contribution in [0.4, 0.5) is 0 Å². The second-order valence-corrected chi connectivity index (χ2v) is 6.72. The second-order valence-electron chi connectivity index (χ2n) is 6.09. The zero-order chi connectivity index (χ0) is 17.7. The van der Waals surface area contributed by atoms with Gasteiger partial charge in [0.25, 0.3) is 0 Å². The summed E-state index contributed by atoms with van der Waals surface area (Å²) in [5.74, 6) is -0.354. The summed E-state index contributed by atoms with van der Waals surface area (Å²) in [5, 5.41) is -0.294. The highest BCUT2D eigenvalue weighted by Gasteiger charge is 2.42. The number of thiol groups is 1. The fraction of sp³-hybridized carbons (Fsp3) is 0.136. The minimum absolute atomic E-state index is 0.182. The molecule has 0 bridgehead atoms. The standard InChI is InChI=1S/C22H21NOS/c23-21(24)16-20(25)22(17-10-4-1-5-11-17,18-12-6-2-7-13-18)19-14-8-3-9-15-19/h1-15,20,25H,16H2,(H2,23,24). The number of rotatable bonds is 6. The number of carbonyl (C=O) groups excluding carboxylic acids is 1. The predicted octanol–water partition coefficient (Wildman–Crippen LogP) is 4.19. The molecular weight excluding hydrogens is 326 g/mol. The Morgan fingerprint density at radius 2 is 1.08 bits per heavy atom. The van der Waals surface area contributed by atoms with Gasteiger partial charge in [-0.2, -0.15) is 12.6 Å². The van der Waals surface area contributed by atoms with E-state index in [2.05, 4.69) is 36.4 Å². The lowest BCUT2D eigenvalue weighted by atomic mass is 9.66. The van der Waals surface area contributed by atoms with Crippen LogP contribution in [0.15, 0.2) is 91.0 Å². The van der Waals surface area contributed by atoms with E-state index in [4.69, 9.17) is 18.4 Å². The highest BCUT2D eigenvalue weighted by atomic mass is 32.1. The molecule has 3 heteroatoms. The number of nitrogens with two attached hydrogens (primary N) is 1. The number of amides is 1. The van der Waals surface area contributed by atoms with Gasteiger partial charge in [-0.05, 0) is 16.7 Å². The molecule has 0 saturated heterocycles. The van der Waals surface area contributed by atoms with Crippen molar-refractivity contribution < 1.29 is 4.79 Å². The van der Waals surface area contributed by atoms with Gasteiger partial charge in [0.2, 0.25) is 5.91 Å². The minimum Gasteiger partial charge on any atom is -0.370 e. The van der Waals surface area contributed by atoms with Gasteiger partial charge in [-0.15, -0.1) is 0 Å². The van der Waals surface area contributed by atoms with Crippen molar-refractivity contribution in [3.8, 4) is 0 Å². The molecule has 3 aromatic carbocycles. The molecule has 126 valence electrons. The maximum atomic E-state index is 11.7. The zero-order valence-corrected chi connectivity index (χ0v) is 14.8. The number of hydrogen-bond acceptors (Lipinski definition) is 2. The van der Waals surface area contributed by atoms with Crippen molar-refractivity contribution in [1.82, 2.24) is 0 Å². The first-order valence-electron chi connectivity index (χ1n) is 8.28. The molecule has 0 aliphatic rings. The molecule has 0 fully saturated rings. The van der Waals surface area contributed by atoms with Gasteiger partial charge < -0.3 is 5.73 Å². The minimum atomic E-state index is -0.568. The van der Waals surface area contributed by atoms with Crippen molar-refractivity contribution in [2.75, 3.05) is 0 Å². The molecule has 1 atom stereocenters. The van der Waals surface area contributed by atoms with E-state index in [1.807, 2.05) is 54.6 Å². The summed E-state index contributed by atoms with van der Waals surface area (Å²) in [6, 6.07) is 30.6. The summed E-state index contributed by atoms with van der Waals surface area (Å²) in [5.41, 5.74) is 8.24. The van der Waals surface area contributed by atoms with Gasteiger partial charge in [0.05, 0.1) is 5.41 Å². The van der Waals surface area contributed by atoms with Gasteiger partial charge in [0, 0.05) is 11.7 Å². The summed E-state index contributed by atoms with van der Waals surface area (Å²) < 4.78 is 0. The summed E-state index contributed by atoms with van der Waals surface area (Å²) in [6.45, 7) is 0. The number of carbonyl (C=O) groups is 1. The zero-order valence-electron chi connectivity index (χ0n) is 13.9. The number of hydrogen-bond donors (Lipinski definition) is 2. The Bertz CT molecular complexity index is 722. The number of benzene rings is 3. The molecule has 25 heavy (non-hydrogen) atoms. The Morgan fingerprint density at radius 3 is 1.36 bits per heavy atom. The third-order valence-electron chi connectivity index (χ3n) is 4.58. The first-order valence-corrected chi connectivity index (χ1v) is 8.80. The fourth-order valence-electron chi connectivity index (χ4n) is 3.52. The van der Waals surface area contributed by atoms with Gasteiger partial charge in [-0.3, -0.25) is 4.79 Å². The molecular formula is C22H21NOS. The Balaban J connectivity index is 2.33. The van der Waals surface area contributed by atoms with E-state index in [9.17, 15) is 4.79 Å². The first-order chi connectivity index (χ1) is 12.2. The van der Waals surface area contributed by atoms with Crippen LogP contribution in [-0.4, -0.2) is 11.2 Å². The van der Waals surface area contributed by atoms with E-state index in [-0.39, 0.29) is 17.6 Å². The highest BCUT2D eigenvalue weighted by Crippen LogP contribution is 2.45. The molecule has 0 spiro atoms. The van der Waals surface area contributed by atoms with Gasteiger partial charge in [0.1, 0.15) is 0 Å². The van der Waals surface area contributed by atoms with Crippen molar-refractivity contribution in [3.05, 3.63) is 108 Å². The van der Waals surface area contributed by atoms with Gasteiger partial charge in [0.15, 0.2) is 0 Å². The van der Waals surface area contributed by atoms with Crippen LogP contribution in [0.1, 0.15) is 23.1 Å². The second kappa shape index (κ2) is 7.58. The molecule has 0 radical (unpaired) electrons. The third kappa shape index (κ3) is 3.33. The largest absolute Gasteiger partial charge is 0.370 e. The monoisotopic (exact) mass is 347 g/mol. The number of primary amides is 1. The quantitative estimate of drug-likeness (QED) is 0.509. The summed E-state index contributed by atoms with van der Waals surface area (Å²) in [7, 11) is 0. The smallest absolute Gasteiger partial charge is 0.218 e. The maximum Gasteiger partial charge on any atom is 0.218 e. The van der Waals surface area contributed by atoms with Crippen LogP contribution in [0.2, 0.25) is 0 Å². The molecule has 0 aliphatic carbocycles. The Labute approximate surface area is 154 Å². The SMILES string of the molecule is NC(=O)CC(S)C(c1ccccc1)(c1ccccc1)c1ccccc1. The van der Waals surface area contributed by atoms with Crippen LogP contribution in [0.3, 0.4) is 0 Å². The first kappa shape index (κ1) is 17.3. The van der Waals surface area contributed by atoms with Crippen LogP contribution in [0, 0.1) is 0 Å². The molecule has 0 aromatic heterocycles.